The summed E-state index contributed by atoms with van der Waals surface area (Å²) in [5.74, 6) is 0.792. The maximum absolute atomic E-state index is 12.0. The Labute approximate surface area is 205 Å². The molecule has 178 valence electrons. The minimum absolute atomic E-state index is 0.00403. The first-order valence-corrected chi connectivity index (χ1v) is 12.3. The van der Waals surface area contributed by atoms with Gasteiger partial charge >= 0.3 is 0 Å². The Kier molecular flexibility index (Phi) is 4.63. The van der Waals surface area contributed by atoms with E-state index in [1.807, 2.05) is 11.1 Å². The Morgan fingerprint density at radius 3 is 2.77 bits per heavy atom. The molecule has 0 unspecified atom stereocenters. The summed E-state index contributed by atoms with van der Waals surface area (Å²) in [7, 11) is 0. The van der Waals surface area contributed by atoms with E-state index in [4.69, 9.17) is 4.98 Å². The van der Waals surface area contributed by atoms with Gasteiger partial charge in [-0.2, -0.15) is 10.4 Å². The van der Waals surface area contributed by atoms with E-state index in [-0.39, 0.29) is 16.7 Å². The molecule has 2 saturated heterocycles. The number of fused-ring (bicyclic) bond motifs is 2. The van der Waals surface area contributed by atoms with Crippen LogP contribution in [0, 0.1) is 29.1 Å². The minimum atomic E-state index is -0.00403. The summed E-state index contributed by atoms with van der Waals surface area (Å²) in [6, 6.07) is 6.73. The number of rotatable bonds is 3. The van der Waals surface area contributed by atoms with Crippen LogP contribution < -0.4 is 4.90 Å². The lowest BCUT2D eigenvalue weighted by Crippen LogP contribution is -2.59. The number of nitrogens with one attached hydrogen (secondary N) is 1. The number of pyridine rings is 1. The maximum Gasteiger partial charge on any atom is 0.245 e. The van der Waals surface area contributed by atoms with Gasteiger partial charge in [-0.05, 0) is 60.4 Å². The molecule has 1 aliphatic carbocycles. The summed E-state index contributed by atoms with van der Waals surface area (Å²) in [4.78, 5) is 21.3. The van der Waals surface area contributed by atoms with Gasteiger partial charge in [0.1, 0.15) is 17.5 Å². The highest BCUT2D eigenvalue weighted by Gasteiger charge is 2.50. The van der Waals surface area contributed by atoms with E-state index >= 15 is 0 Å². The molecule has 3 aromatic rings. The smallest absolute Gasteiger partial charge is 0.245 e. The first-order chi connectivity index (χ1) is 16.7. The quantitative estimate of drug-likeness (QED) is 0.586. The van der Waals surface area contributed by atoms with Crippen molar-refractivity contribution in [3.05, 3.63) is 53.4 Å². The topological polar surface area (TPSA) is 88.9 Å². The molecule has 0 bridgehead atoms. The third-order valence-electron chi connectivity index (χ3n) is 8.14. The first kappa shape index (κ1) is 21.8. The van der Waals surface area contributed by atoms with E-state index in [0.29, 0.717) is 5.56 Å². The van der Waals surface area contributed by atoms with Crippen LogP contribution in [0.5, 0.6) is 0 Å². The number of likely N-dealkylation sites (tertiary alicyclic amines) is 1. The second kappa shape index (κ2) is 7.42. The van der Waals surface area contributed by atoms with E-state index in [1.54, 1.807) is 0 Å². The van der Waals surface area contributed by atoms with Gasteiger partial charge in [0.05, 0.1) is 11.7 Å². The van der Waals surface area contributed by atoms with E-state index in [9.17, 15) is 10.1 Å². The van der Waals surface area contributed by atoms with Crippen molar-refractivity contribution in [2.75, 3.05) is 31.1 Å². The number of carbonyl (C=O) groups is 1. The van der Waals surface area contributed by atoms with Crippen molar-refractivity contribution in [3.8, 4) is 17.2 Å². The van der Waals surface area contributed by atoms with E-state index in [0.717, 1.165) is 84.5 Å². The maximum atomic E-state index is 12.0. The number of hydrogen-bond donors (Lipinski definition) is 1. The lowest BCUT2D eigenvalue weighted by atomic mass is 9.79. The molecule has 0 radical (unpaired) electrons. The summed E-state index contributed by atoms with van der Waals surface area (Å²) in [5.41, 5.74) is 7.37. The van der Waals surface area contributed by atoms with E-state index < -0.39 is 0 Å². The zero-order valence-corrected chi connectivity index (χ0v) is 20.6. The molecule has 6 rings (SSSR count). The van der Waals surface area contributed by atoms with Crippen molar-refractivity contribution in [1.29, 1.82) is 5.26 Å². The Balaban J connectivity index is 1.49. The second-order valence-corrected chi connectivity index (χ2v) is 11.4. The summed E-state index contributed by atoms with van der Waals surface area (Å²) in [6.07, 6.45) is 6.05. The number of benzene rings is 1. The molecule has 2 fully saturated rings. The monoisotopic (exact) mass is 466 g/mol. The first-order valence-electron chi connectivity index (χ1n) is 12.3. The fourth-order valence-corrected chi connectivity index (χ4v) is 6.48. The number of aromatic nitrogens is 3. The number of hydrogen-bond acceptors (Lipinski definition) is 5. The highest BCUT2D eigenvalue weighted by molar-refractivity contribution is 5.99. The van der Waals surface area contributed by atoms with Gasteiger partial charge in [0.2, 0.25) is 5.91 Å². The SMILES string of the molecule is C=CC(=O)N1CC2(CCN(c3nc4c(c(-c5c(C)ccc6[nH]ncc56)c3C#N)CC(C)(C)C4)C2)C1. The van der Waals surface area contributed by atoms with Gasteiger partial charge in [-0.3, -0.25) is 9.89 Å². The molecule has 2 aliphatic heterocycles. The minimum Gasteiger partial charge on any atom is -0.355 e. The number of H-pyrrole nitrogens is 1. The largest absolute Gasteiger partial charge is 0.355 e. The van der Waals surface area contributed by atoms with Crippen molar-refractivity contribution < 1.29 is 4.79 Å². The summed E-state index contributed by atoms with van der Waals surface area (Å²) in [5, 5.41) is 19.0. The van der Waals surface area contributed by atoms with E-state index in [1.165, 1.54) is 11.6 Å². The Morgan fingerprint density at radius 1 is 1.23 bits per heavy atom. The zero-order valence-electron chi connectivity index (χ0n) is 20.6. The standard InChI is InChI=1S/C28H30N6O/c1-5-23(35)34-15-28(16-34)8-9-33(14-28)26-19(12-29)25(18-10-27(3,4)11-22(18)31-26)24-17(2)6-7-21-20(24)13-30-32-21/h5-7,13H,1,8-11,14-16H2,2-4H3,(H,30,32). The molecule has 1 N–H and O–H groups in total. The van der Waals surface area contributed by atoms with Crippen LogP contribution in [0.2, 0.25) is 0 Å². The van der Waals surface area contributed by atoms with Crippen molar-refractivity contribution in [1.82, 2.24) is 20.1 Å². The molecular weight excluding hydrogens is 436 g/mol. The van der Waals surface area contributed by atoms with Crippen molar-refractivity contribution >= 4 is 22.6 Å². The van der Waals surface area contributed by atoms with Crippen LogP contribution in [0.1, 0.15) is 42.7 Å². The van der Waals surface area contributed by atoms with Gasteiger partial charge in [0.25, 0.3) is 0 Å². The number of aryl methyl sites for hydroxylation is 1. The van der Waals surface area contributed by atoms with Gasteiger partial charge < -0.3 is 9.80 Å². The number of aromatic amines is 1. The number of nitrogens with zero attached hydrogens (tertiary/aromatic N) is 5. The van der Waals surface area contributed by atoms with Crippen LogP contribution in [0.3, 0.4) is 0 Å². The molecule has 7 nitrogen and oxygen atoms in total. The second-order valence-electron chi connectivity index (χ2n) is 11.4. The predicted molar refractivity (Wildman–Crippen MR) is 136 cm³/mol. The van der Waals surface area contributed by atoms with Crippen LogP contribution in [-0.4, -0.2) is 52.2 Å². The lowest BCUT2D eigenvalue weighted by Gasteiger charge is -2.47. The highest BCUT2D eigenvalue weighted by atomic mass is 16.2. The van der Waals surface area contributed by atoms with Gasteiger partial charge in [0.15, 0.2) is 0 Å². The predicted octanol–water partition coefficient (Wildman–Crippen LogP) is 4.15. The van der Waals surface area contributed by atoms with Crippen molar-refractivity contribution in [2.45, 2.75) is 40.0 Å². The van der Waals surface area contributed by atoms with Gasteiger partial charge in [-0.1, -0.05) is 26.5 Å². The fraction of sp³-hybridized carbons (Fsp3) is 0.429. The van der Waals surface area contributed by atoms with Crippen LogP contribution in [0.15, 0.2) is 31.0 Å². The summed E-state index contributed by atoms with van der Waals surface area (Å²) in [6.45, 7) is 13.4. The summed E-state index contributed by atoms with van der Waals surface area (Å²) < 4.78 is 0. The third-order valence-corrected chi connectivity index (χ3v) is 8.14. The van der Waals surface area contributed by atoms with Crippen LogP contribution in [0.4, 0.5) is 5.82 Å². The van der Waals surface area contributed by atoms with Gasteiger partial charge in [0, 0.05) is 48.2 Å². The number of nitriles is 1. The fourth-order valence-electron chi connectivity index (χ4n) is 6.48. The number of anilines is 1. The molecule has 1 spiro atoms. The zero-order chi connectivity index (χ0) is 24.5. The highest BCUT2D eigenvalue weighted by Crippen LogP contribution is 2.48. The normalized spacial score (nSPS) is 19.6. The average molecular weight is 467 g/mol. The molecule has 4 heterocycles. The Bertz CT molecular complexity index is 1440. The molecule has 0 saturated carbocycles. The van der Waals surface area contributed by atoms with Crippen LogP contribution >= 0.6 is 0 Å². The number of amides is 1. The lowest BCUT2D eigenvalue weighted by molar-refractivity contribution is -0.136. The molecule has 35 heavy (non-hydrogen) atoms. The van der Waals surface area contributed by atoms with Crippen molar-refractivity contribution in [2.24, 2.45) is 10.8 Å². The van der Waals surface area contributed by atoms with Crippen LogP contribution in [-0.2, 0) is 17.6 Å². The van der Waals surface area contributed by atoms with Gasteiger partial charge in [-0.25, -0.2) is 4.98 Å². The molecule has 1 aromatic carbocycles. The van der Waals surface area contributed by atoms with E-state index in [2.05, 4.69) is 60.6 Å². The molecule has 7 heteroatoms. The molecule has 0 atom stereocenters. The molecule has 1 amide bonds. The van der Waals surface area contributed by atoms with Crippen LogP contribution in [0.25, 0.3) is 22.0 Å². The van der Waals surface area contributed by atoms with Crippen molar-refractivity contribution in [3.63, 3.8) is 0 Å². The summed E-state index contributed by atoms with van der Waals surface area (Å²) >= 11 is 0. The molecule has 2 aromatic heterocycles. The third kappa shape index (κ3) is 3.27. The van der Waals surface area contributed by atoms with Gasteiger partial charge in [-0.15, -0.1) is 0 Å². The molecule has 3 aliphatic rings. The Hall–Kier alpha value is -3.66. The molecular formula is C28H30N6O. The number of carbonyl (C=O) groups excluding carboxylic acids is 1. The average Bonchev–Trinajstić information content (AvgIpc) is 3.52. The Morgan fingerprint density at radius 2 is 2.03 bits per heavy atom.